The number of benzene rings is 6. The third kappa shape index (κ3) is 4.66. The first-order valence-corrected chi connectivity index (χ1v) is 17.2. The third-order valence-corrected chi connectivity index (χ3v) is 10.0. The van der Waals surface area contributed by atoms with E-state index in [1.54, 1.807) is 0 Å². The van der Waals surface area contributed by atoms with Crippen LogP contribution in [0.5, 0.6) is 0 Å². The molecule has 3 heterocycles. The van der Waals surface area contributed by atoms with Gasteiger partial charge in [-0.1, -0.05) is 107 Å². The zero-order valence-corrected chi connectivity index (χ0v) is 28.5. The van der Waals surface area contributed by atoms with Crippen molar-refractivity contribution in [1.29, 1.82) is 0 Å². The standard InChI is InChI=1S/C45H37N3O/c1-26(2)37-22-32(29-12-7-6-8-13-29)23-38(27(3)4)42(37)48-41-24-31-20-19-30-14-9-10-15-33(30)39(31)25-40(41)47-44(48)36-17-11-16-34-35-21-18-28(5)46-45(35)49-43(34)36/h6-27H,1-5H3. The van der Waals surface area contributed by atoms with Gasteiger partial charge in [0, 0.05) is 16.5 Å². The van der Waals surface area contributed by atoms with Crippen LogP contribution in [0.3, 0.4) is 0 Å². The highest BCUT2D eigenvalue weighted by atomic mass is 16.3. The molecule has 49 heavy (non-hydrogen) atoms. The van der Waals surface area contributed by atoms with Crippen LogP contribution in [0, 0.1) is 6.92 Å². The Hall–Kier alpha value is -5.74. The molecular formula is C45H37N3O. The van der Waals surface area contributed by atoms with Crippen molar-refractivity contribution < 1.29 is 4.42 Å². The summed E-state index contributed by atoms with van der Waals surface area (Å²) in [6, 6.07) is 43.7. The van der Waals surface area contributed by atoms with Crippen molar-refractivity contribution in [3.05, 3.63) is 138 Å². The van der Waals surface area contributed by atoms with Crippen molar-refractivity contribution in [2.45, 2.75) is 46.5 Å². The van der Waals surface area contributed by atoms with Crippen molar-refractivity contribution in [2.24, 2.45) is 0 Å². The normalized spacial score (nSPS) is 12.1. The SMILES string of the molecule is Cc1ccc2c(n1)oc1c(-c3nc4cc5c(ccc6ccccc65)cc4n3-c3c(C(C)C)cc(-c4ccccc4)cc3C(C)C)cccc12. The van der Waals surface area contributed by atoms with Gasteiger partial charge in [0.1, 0.15) is 11.4 Å². The van der Waals surface area contributed by atoms with E-state index in [9.17, 15) is 0 Å². The number of hydrogen-bond acceptors (Lipinski definition) is 3. The molecule has 0 saturated heterocycles. The van der Waals surface area contributed by atoms with Crippen LogP contribution in [-0.2, 0) is 0 Å². The summed E-state index contributed by atoms with van der Waals surface area (Å²) in [5, 5.41) is 6.92. The molecule has 0 atom stereocenters. The average Bonchev–Trinajstić information content (AvgIpc) is 3.67. The predicted octanol–water partition coefficient (Wildman–Crippen LogP) is 12.5. The lowest BCUT2D eigenvalue weighted by atomic mass is 9.88. The largest absolute Gasteiger partial charge is 0.437 e. The first-order chi connectivity index (χ1) is 23.9. The van der Waals surface area contributed by atoms with Gasteiger partial charge in [0.25, 0.3) is 0 Å². The van der Waals surface area contributed by atoms with Gasteiger partial charge in [-0.15, -0.1) is 0 Å². The van der Waals surface area contributed by atoms with Gasteiger partial charge in [0.15, 0.2) is 0 Å². The van der Waals surface area contributed by atoms with Gasteiger partial charge in [-0.3, -0.25) is 4.57 Å². The van der Waals surface area contributed by atoms with Crippen molar-refractivity contribution in [2.75, 3.05) is 0 Å². The van der Waals surface area contributed by atoms with E-state index in [4.69, 9.17) is 14.4 Å². The third-order valence-electron chi connectivity index (χ3n) is 10.0. The number of furan rings is 1. The zero-order valence-electron chi connectivity index (χ0n) is 28.5. The Morgan fingerprint density at radius 1 is 0.571 bits per heavy atom. The quantitative estimate of drug-likeness (QED) is 0.177. The molecule has 0 unspecified atom stereocenters. The van der Waals surface area contributed by atoms with E-state index in [0.717, 1.165) is 44.5 Å². The number of para-hydroxylation sites is 1. The Morgan fingerprint density at radius 2 is 1.29 bits per heavy atom. The Morgan fingerprint density at radius 3 is 2.06 bits per heavy atom. The Labute approximate surface area is 285 Å². The Kier molecular flexibility index (Phi) is 6.70. The number of aromatic nitrogens is 3. The number of rotatable bonds is 5. The van der Waals surface area contributed by atoms with E-state index in [1.165, 1.54) is 49.5 Å². The molecule has 0 amide bonds. The van der Waals surface area contributed by atoms with Crippen molar-refractivity contribution in [3.8, 4) is 28.2 Å². The highest BCUT2D eigenvalue weighted by Gasteiger charge is 2.26. The molecule has 0 N–H and O–H groups in total. The lowest BCUT2D eigenvalue weighted by Crippen LogP contribution is -2.09. The summed E-state index contributed by atoms with van der Waals surface area (Å²) in [5.41, 5.74) is 11.6. The van der Waals surface area contributed by atoms with Gasteiger partial charge >= 0.3 is 0 Å². The summed E-state index contributed by atoms with van der Waals surface area (Å²) in [6.45, 7) is 11.2. The number of nitrogens with zero attached hydrogens (tertiary/aromatic N) is 3. The first-order valence-electron chi connectivity index (χ1n) is 17.2. The second-order valence-corrected chi connectivity index (χ2v) is 13.9. The molecule has 0 aliphatic heterocycles. The monoisotopic (exact) mass is 635 g/mol. The number of imidazole rings is 1. The van der Waals surface area contributed by atoms with Crippen LogP contribution in [0.2, 0.25) is 0 Å². The van der Waals surface area contributed by atoms with Crippen LogP contribution in [0.15, 0.2) is 126 Å². The Bertz CT molecular complexity index is 2700. The molecule has 4 nitrogen and oxygen atoms in total. The minimum atomic E-state index is 0.264. The molecular weight excluding hydrogens is 599 g/mol. The molecule has 0 aliphatic carbocycles. The van der Waals surface area contributed by atoms with Gasteiger partial charge in [-0.2, -0.15) is 0 Å². The molecule has 3 aromatic heterocycles. The molecule has 0 radical (unpaired) electrons. The lowest BCUT2D eigenvalue weighted by molar-refractivity contribution is 0.653. The van der Waals surface area contributed by atoms with E-state index < -0.39 is 0 Å². The summed E-state index contributed by atoms with van der Waals surface area (Å²) < 4.78 is 9.03. The molecule has 9 aromatic rings. The molecule has 4 heteroatoms. The number of fused-ring (bicyclic) bond motifs is 7. The van der Waals surface area contributed by atoms with Gasteiger partial charge in [-0.25, -0.2) is 9.97 Å². The first kappa shape index (κ1) is 29.4. The Balaban J connectivity index is 1.44. The fraction of sp³-hybridized carbons (Fsp3) is 0.156. The summed E-state index contributed by atoms with van der Waals surface area (Å²) >= 11 is 0. The van der Waals surface area contributed by atoms with E-state index in [-0.39, 0.29) is 11.8 Å². The highest BCUT2D eigenvalue weighted by molar-refractivity contribution is 6.13. The number of aryl methyl sites for hydroxylation is 1. The van der Waals surface area contributed by atoms with Crippen LogP contribution in [0.25, 0.3) is 82.8 Å². The molecule has 6 aromatic carbocycles. The number of pyridine rings is 1. The van der Waals surface area contributed by atoms with Crippen LogP contribution in [-0.4, -0.2) is 14.5 Å². The molecule has 0 aliphatic rings. The van der Waals surface area contributed by atoms with Gasteiger partial charge < -0.3 is 4.42 Å². The maximum absolute atomic E-state index is 6.61. The van der Waals surface area contributed by atoms with Crippen LogP contribution < -0.4 is 0 Å². The maximum atomic E-state index is 6.61. The second kappa shape index (κ2) is 11.2. The lowest BCUT2D eigenvalue weighted by Gasteiger charge is -2.24. The van der Waals surface area contributed by atoms with Crippen LogP contribution >= 0.6 is 0 Å². The van der Waals surface area contributed by atoms with Gasteiger partial charge in [-0.05, 0) is 105 Å². The van der Waals surface area contributed by atoms with Crippen molar-refractivity contribution >= 4 is 54.6 Å². The smallest absolute Gasteiger partial charge is 0.227 e. The summed E-state index contributed by atoms with van der Waals surface area (Å²) in [7, 11) is 0. The van der Waals surface area contributed by atoms with E-state index in [2.05, 4.69) is 148 Å². The molecule has 9 rings (SSSR count). The molecule has 0 fully saturated rings. The molecule has 0 saturated carbocycles. The fourth-order valence-electron chi connectivity index (χ4n) is 7.55. The summed E-state index contributed by atoms with van der Waals surface area (Å²) in [4.78, 5) is 10.3. The molecule has 0 bridgehead atoms. The summed E-state index contributed by atoms with van der Waals surface area (Å²) in [5.74, 6) is 1.40. The second-order valence-electron chi connectivity index (χ2n) is 13.9. The van der Waals surface area contributed by atoms with Gasteiger partial charge in [0.05, 0.1) is 22.3 Å². The van der Waals surface area contributed by atoms with Crippen LogP contribution in [0.1, 0.15) is 56.4 Å². The highest BCUT2D eigenvalue weighted by Crippen LogP contribution is 2.43. The minimum Gasteiger partial charge on any atom is -0.437 e. The van der Waals surface area contributed by atoms with Crippen molar-refractivity contribution in [1.82, 2.24) is 14.5 Å². The topological polar surface area (TPSA) is 43.9 Å². The van der Waals surface area contributed by atoms with E-state index in [1.807, 2.05) is 13.0 Å². The van der Waals surface area contributed by atoms with Gasteiger partial charge in [0.2, 0.25) is 5.71 Å². The van der Waals surface area contributed by atoms with Crippen LogP contribution in [0.4, 0.5) is 0 Å². The van der Waals surface area contributed by atoms with E-state index >= 15 is 0 Å². The van der Waals surface area contributed by atoms with E-state index in [0.29, 0.717) is 5.71 Å². The number of hydrogen-bond donors (Lipinski definition) is 0. The summed E-state index contributed by atoms with van der Waals surface area (Å²) in [6.07, 6.45) is 0. The maximum Gasteiger partial charge on any atom is 0.227 e. The minimum absolute atomic E-state index is 0.264. The molecule has 238 valence electrons. The fourth-order valence-corrected chi connectivity index (χ4v) is 7.55. The molecule has 0 spiro atoms. The zero-order chi connectivity index (χ0) is 33.4. The average molecular weight is 636 g/mol. The predicted molar refractivity (Wildman–Crippen MR) is 205 cm³/mol. The van der Waals surface area contributed by atoms with Crippen molar-refractivity contribution in [3.63, 3.8) is 0 Å².